The van der Waals surface area contributed by atoms with Crippen LogP contribution in [0.1, 0.15) is 35.1 Å². The molecule has 6 nitrogen and oxygen atoms in total. The minimum absolute atomic E-state index is 0.0269. The highest BCUT2D eigenvalue weighted by molar-refractivity contribution is 9.10. The van der Waals surface area contributed by atoms with Crippen molar-refractivity contribution in [2.24, 2.45) is 0 Å². The van der Waals surface area contributed by atoms with Crippen molar-refractivity contribution in [3.63, 3.8) is 0 Å². The normalized spacial score (nSPS) is 16.0. The maximum absolute atomic E-state index is 13.0. The van der Waals surface area contributed by atoms with Crippen LogP contribution < -0.4 is 5.32 Å². The molecule has 2 N–H and O–H groups in total. The van der Waals surface area contributed by atoms with Crippen molar-refractivity contribution in [3.05, 3.63) is 76.7 Å². The van der Waals surface area contributed by atoms with Crippen LogP contribution in [0.4, 0.5) is 5.69 Å². The van der Waals surface area contributed by atoms with Crippen molar-refractivity contribution in [1.29, 1.82) is 0 Å². The lowest BCUT2D eigenvalue weighted by molar-refractivity contribution is 0.102. The van der Waals surface area contributed by atoms with Gasteiger partial charge >= 0.3 is 0 Å². The first-order chi connectivity index (χ1) is 15.2. The van der Waals surface area contributed by atoms with Gasteiger partial charge in [-0.15, -0.1) is 0 Å². The third-order valence-corrected chi connectivity index (χ3v) is 6.59. The van der Waals surface area contributed by atoms with Crippen LogP contribution in [-0.2, 0) is 4.74 Å². The highest BCUT2D eigenvalue weighted by Crippen LogP contribution is 2.31. The fourth-order valence-corrected chi connectivity index (χ4v) is 4.65. The van der Waals surface area contributed by atoms with Gasteiger partial charge in [-0.25, -0.2) is 9.97 Å². The maximum Gasteiger partial charge on any atom is 0.258 e. The van der Waals surface area contributed by atoms with Crippen LogP contribution in [0.5, 0.6) is 0 Å². The molecule has 0 aliphatic carbocycles. The van der Waals surface area contributed by atoms with Crippen molar-refractivity contribution >= 4 is 50.3 Å². The van der Waals surface area contributed by atoms with Crippen molar-refractivity contribution in [2.45, 2.75) is 28.9 Å². The number of carbonyl (C=O) groups is 1. The second kappa shape index (κ2) is 8.82. The van der Waals surface area contributed by atoms with Gasteiger partial charge in [0.1, 0.15) is 17.0 Å². The number of rotatable bonds is 5. The molecule has 1 unspecified atom stereocenters. The zero-order valence-electron chi connectivity index (χ0n) is 16.5. The predicted octanol–water partition coefficient (Wildman–Crippen LogP) is 5.98. The molecule has 1 amide bonds. The number of hydrogen-bond donors (Lipinski definition) is 2. The van der Waals surface area contributed by atoms with Crippen molar-refractivity contribution in [3.8, 4) is 0 Å². The summed E-state index contributed by atoms with van der Waals surface area (Å²) in [7, 11) is 0. The van der Waals surface area contributed by atoms with Gasteiger partial charge in [-0.1, -0.05) is 27.7 Å². The SMILES string of the molecule is O=C(Nc1ccc2nc(C3CCCO3)[nH]c2c1)c1cccnc1Sc1ccc(Br)cc1. The largest absolute Gasteiger partial charge is 0.370 e. The van der Waals surface area contributed by atoms with E-state index in [1.807, 2.05) is 42.5 Å². The van der Waals surface area contributed by atoms with Gasteiger partial charge in [-0.3, -0.25) is 4.79 Å². The molecule has 1 aliphatic rings. The molecule has 2 aromatic heterocycles. The molecule has 1 atom stereocenters. The number of hydrogen-bond acceptors (Lipinski definition) is 5. The highest BCUT2D eigenvalue weighted by atomic mass is 79.9. The Morgan fingerprint density at radius 1 is 1.19 bits per heavy atom. The molecule has 1 fully saturated rings. The number of fused-ring (bicyclic) bond motifs is 1. The van der Waals surface area contributed by atoms with E-state index in [2.05, 4.69) is 36.2 Å². The Hall–Kier alpha value is -2.68. The molecular weight excluding hydrogens is 476 g/mol. The molecule has 0 bridgehead atoms. The summed E-state index contributed by atoms with van der Waals surface area (Å²) in [4.78, 5) is 26.4. The zero-order valence-corrected chi connectivity index (χ0v) is 18.9. The van der Waals surface area contributed by atoms with Crippen molar-refractivity contribution in [2.75, 3.05) is 11.9 Å². The van der Waals surface area contributed by atoms with Crippen LogP contribution in [0.2, 0.25) is 0 Å². The monoisotopic (exact) mass is 494 g/mol. The van der Waals surface area contributed by atoms with E-state index in [-0.39, 0.29) is 12.0 Å². The molecule has 0 radical (unpaired) electrons. The molecule has 1 saturated heterocycles. The second-order valence-electron chi connectivity index (χ2n) is 7.22. The van der Waals surface area contributed by atoms with E-state index in [1.54, 1.807) is 18.3 Å². The molecule has 2 aromatic carbocycles. The van der Waals surface area contributed by atoms with Gasteiger partial charge in [0.25, 0.3) is 5.91 Å². The second-order valence-corrected chi connectivity index (χ2v) is 9.20. The van der Waals surface area contributed by atoms with Crippen LogP contribution in [0, 0.1) is 0 Å². The molecule has 0 spiro atoms. The van der Waals surface area contributed by atoms with E-state index < -0.39 is 0 Å². The Labute approximate surface area is 192 Å². The summed E-state index contributed by atoms with van der Waals surface area (Å²) in [5.41, 5.74) is 2.96. The van der Waals surface area contributed by atoms with Crippen molar-refractivity contribution < 1.29 is 9.53 Å². The summed E-state index contributed by atoms with van der Waals surface area (Å²) in [5.74, 6) is 0.641. The number of imidazole rings is 1. The smallest absolute Gasteiger partial charge is 0.258 e. The lowest BCUT2D eigenvalue weighted by Crippen LogP contribution is -2.13. The third-order valence-electron chi connectivity index (χ3n) is 5.04. The quantitative estimate of drug-likeness (QED) is 0.356. The molecule has 3 heterocycles. The number of amides is 1. The summed E-state index contributed by atoms with van der Waals surface area (Å²) in [5, 5.41) is 3.64. The number of pyridine rings is 1. The maximum atomic E-state index is 13.0. The van der Waals surface area contributed by atoms with E-state index in [0.29, 0.717) is 16.3 Å². The minimum Gasteiger partial charge on any atom is -0.370 e. The summed E-state index contributed by atoms with van der Waals surface area (Å²) >= 11 is 4.90. The lowest BCUT2D eigenvalue weighted by Gasteiger charge is -2.09. The molecule has 8 heteroatoms. The number of halogens is 1. The van der Waals surface area contributed by atoms with Gasteiger partial charge in [-0.2, -0.15) is 0 Å². The van der Waals surface area contributed by atoms with Crippen molar-refractivity contribution in [1.82, 2.24) is 15.0 Å². The first-order valence-corrected chi connectivity index (χ1v) is 11.6. The first kappa shape index (κ1) is 20.2. The molecule has 31 heavy (non-hydrogen) atoms. The van der Waals surface area contributed by atoms with Crippen LogP contribution in [-0.4, -0.2) is 27.5 Å². The molecule has 0 saturated carbocycles. The summed E-state index contributed by atoms with van der Waals surface area (Å²) < 4.78 is 6.72. The van der Waals surface area contributed by atoms with E-state index in [9.17, 15) is 4.79 Å². The third kappa shape index (κ3) is 4.51. The number of anilines is 1. The van der Waals surface area contributed by atoms with Crippen LogP contribution in [0.15, 0.2) is 75.2 Å². The molecule has 1 aliphatic heterocycles. The van der Waals surface area contributed by atoms with Gasteiger partial charge in [0.15, 0.2) is 0 Å². The van der Waals surface area contributed by atoms with Crippen LogP contribution in [0.25, 0.3) is 11.0 Å². The minimum atomic E-state index is -0.203. The Morgan fingerprint density at radius 3 is 2.87 bits per heavy atom. The van der Waals surface area contributed by atoms with Gasteiger partial charge in [0.2, 0.25) is 0 Å². The number of aromatic amines is 1. The van der Waals surface area contributed by atoms with Gasteiger partial charge in [-0.05, 0) is 67.4 Å². The van der Waals surface area contributed by atoms with Gasteiger partial charge in [0, 0.05) is 27.9 Å². The summed E-state index contributed by atoms with van der Waals surface area (Å²) in [6.45, 7) is 0.773. The summed E-state index contributed by atoms with van der Waals surface area (Å²) in [6.07, 6.45) is 3.75. The number of aromatic nitrogens is 3. The number of ether oxygens (including phenoxy) is 1. The van der Waals surface area contributed by atoms with E-state index in [0.717, 1.165) is 45.7 Å². The number of nitrogens with zero attached hydrogens (tertiary/aromatic N) is 2. The Bertz CT molecular complexity index is 1240. The molecule has 5 rings (SSSR count). The Kier molecular flexibility index (Phi) is 5.76. The average Bonchev–Trinajstić information content (AvgIpc) is 3.45. The fourth-order valence-electron chi connectivity index (χ4n) is 3.51. The number of benzene rings is 2. The number of H-pyrrole nitrogens is 1. The van der Waals surface area contributed by atoms with Crippen LogP contribution >= 0.6 is 27.7 Å². The Balaban J connectivity index is 1.36. The predicted molar refractivity (Wildman–Crippen MR) is 124 cm³/mol. The van der Waals surface area contributed by atoms with E-state index >= 15 is 0 Å². The molecular formula is C23H19BrN4O2S. The zero-order chi connectivity index (χ0) is 21.2. The van der Waals surface area contributed by atoms with Crippen LogP contribution in [0.3, 0.4) is 0 Å². The highest BCUT2D eigenvalue weighted by Gasteiger charge is 2.21. The van der Waals surface area contributed by atoms with Gasteiger partial charge < -0.3 is 15.0 Å². The standard InChI is InChI=1S/C23H19BrN4O2S/c24-14-5-8-16(9-6-14)31-23-17(3-1-11-25-23)22(29)26-15-7-10-18-19(13-15)28-21(27-18)20-4-2-12-30-20/h1,3,5-11,13,20H,2,4,12H2,(H,26,29)(H,27,28). The average molecular weight is 495 g/mol. The van der Waals surface area contributed by atoms with E-state index in [1.165, 1.54) is 11.8 Å². The first-order valence-electron chi connectivity index (χ1n) is 9.97. The van der Waals surface area contributed by atoms with E-state index in [4.69, 9.17) is 4.74 Å². The molecule has 4 aromatic rings. The number of nitrogens with one attached hydrogen (secondary N) is 2. The number of carbonyl (C=O) groups excluding carboxylic acids is 1. The summed E-state index contributed by atoms with van der Waals surface area (Å²) in [6, 6.07) is 17.1. The topological polar surface area (TPSA) is 79.9 Å². The molecule has 156 valence electrons. The lowest BCUT2D eigenvalue weighted by atomic mass is 10.2. The van der Waals surface area contributed by atoms with Gasteiger partial charge in [0.05, 0.1) is 16.6 Å². The Morgan fingerprint density at radius 2 is 2.06 bits per heavy atom. The fraction of sp³-hybridized carbons (Fsp3) is 0.174.